The predicted molar refractivity (Wildman–Crippen MR) is 57.7 cm³/mol. The number of fused-ring (bicyclic) bond motifs is 1. The van der Waals surface area contributed by atoms with Crippen LogP contribution in [0.3, 0.4) is 0 Å². The monoisotopic (exact) mass is 220 g/mol. The van der Waals surface area contributed by atoms with Crippen LogP contribution in [0.2, 0.25) is 0 Å². The van der Waals surface area contributed by atoms with E-state index in [1.165, 1.54) is 0 Å². The minimum Gasteiger partial charge on any atom is -0.493 e. The van der Waals surface area contributed by atoms with E-state index in [4.69, 9.17) is 9.47 Å². The van der Waals surface area contributed by atoms with Crippen molar-refractivity contribution in [3.8, 4) is 5.75 Å². The highest BCUT2D eigenvalue weighted by Crippen LogP contribution is 2.18. The minimum atomic E-state index is -0.423. The average Bonchev–Trinajstić information content (AvgIpc) is 2.72. The number of rotatable bonds is 3. The highest BCUT2D eigenvalue weighted by atomic mass is 16.5. The number of ether oxygens (including phenoxy) is 2. The number of aromatic nitrogens is 2. The summed E-state index contributed by atoms with van der Waals surface area (Å²) >= 11 is 0. The van der Waals surface area contributed by atoms with Crippen LogP contribution in [0.15, 0.2) is 24.5 Å². The second kappa shape index (κ2) is 4.22. The third-order valence-electron chi connectivity index (χ3n) is 2.15. The molecule has 0 aromatic carbocycles. The first-order valence-corrected chi connectivity index (χ1v) is 4.95. The van der Waals surface area contributed by atoms with Gasteiger partial charge in [-0.15, -0.1) is 0 Å². The van der Waals surface area contributed by atoms with E-state index in [9.17, 15) is 4.79 Å². The van der Waals surface area contributed by atoms with Gasteiger partial charge in [-0.2, -0.15) is 0 Å². The first-order chi connectivity index (χ1) is 7.76. The lowest BCUT2D eigenvalue weighted by Gasteiger charge is -1.99. The number of methoxy groups -OCH3 is 1. The molecular weight excluding hydrogens is 208 g/mol. The summed E-state index contributed by atoms with van der Waals surface area (Å²) in [5.41, 5.74) is 0.888. The molecule has 84 valence electrons. The molecular formula is C11H12N2O3. The van der Waals surface area contributed by atoms with Crippen LogP contribution in [-0.4, -0.2) is 29.1 Å². The van der Waals surface area contributed by atoms with Crippen molar-refractivity contribution in [3.05, 3.63) is 30.2 Å². The molecule has 2 aromatic rings. The lowest BCUT2D eigenvalue weighted by atomic mass is 10.4. The molecule has 2 aromatic heterocycles. The number of esters is 1. The number of imidazole rings is 1. The molecule has 0 amide bonds. The Morgan fingerprint density at radius 3 is 3.06 bits per heavy atom. The van der Waals surface area contributed by atoms with E-state index in [2.05, 4.69) is 4.98 Å². The lowest BCUT2D eigenvalue weighted by Crippen LogP contribution is -2.04. The molecule has 2 heterocycles. The first kappa shape index (κ1) is 10.5. The van der Waals surface area contributed by atoms with Gasteiger partial charge in [0.1, 0.15) is 0 Å². The third kappa shape index (κ3) is 1.71. The van der Waals surface area contributed by atoms with Gasteiger partial charge in [-0.1, -0.05) is 0 Å². The van der Waals surface area contributed by atoms with E-state index in [-0.39, 0.29) is 5.69 Å². The largest absolute Gasteiger partial charge is 0.493 e. The molecule has 0 radical (unpaired) electrons. The van der Waals surface area contributed by atoms with Crippen LogP contribution in [0.1, 0.15) is 17.4 Å². The topological polar surface area (TPSA) is 52.8 Å². The summed E-state index contributed by atoms with van der Waals surface area (Å²) in [6.45, 7) is 2.10. The molecule has 0 bridgehead atoms. The van der Waals surface area contributed by atoms with Crippen LogP contribution in [0.5, 0.6) is 5.75 Å². The fourth-order valence-electron chi connectivity index (χ4n) is 1.45. The van der Waals surface area contributed by atoms with Gasteiger partial charge in [0, 0.05) is 12.4 Å². The second-order valence-electron chi connectivity index (χ2n) is 3.15. The van der Waals surface area contributed by atoms with E-state index in [0.29, 0.717) is 18.0 Å². The zero-order chi connectivity index (χ0) is 11.5. The smallest absolute Gasteiger partial charge is 0.358 e. The van der Waals surface area contributed by atoms with Crippen LogP contribution >= 0.6 is 0 Å². The Morgan fingerprint density at radius 1 is 1.56 bits per heavy atom. The molecule has 0 saturated heterocycles. The van der Waals surface area contributed by atoms with Crippen molar-refractivity contribution >= 4 is 11.6 Å². The quantitative estimate of drug-likeness (QED) is 0.736. The van der Waals surface area contributed by atoms with Crippen molar-refractivity contribution in [1.82, 2.24) is 9.38 Å². The molecule has 16 heavy (non-hydrogen) atoms. The Kier molecular flexibility index (Phi) is 2.76. The van der Waals surface area contributed by atoms with Gasteiger partial charge >= 0.3 is 5.97 Å². The van der Waals surface area contributed by atoms with Crippen molar-refractivity contribution in [2.24, 2.45) is 0 Å². The Bertz CT molecular complexity index is 519. The summed E-state index contributed by atoms with van der Waals surface area (Å²) in [4.78, 5) is 15.6. The van der Waals surface area contributed by atoms with Crippen LogP contribution in [0.25, 0.3) is 5.65 Å². The maximum absolute atomic E-state index is 11.5. The fraction of sp³-hybridized carbons (Fsp3) is 0.273. The van der Waals surface area contributed by atoms with Crippen LogP contribution in [-0.2, 0) is 4.74 Å². The third-order valence-corrected chi connectivity index (χ3v) is 2.15. The van der Waals surface area contributed by atoms with E-state index < -0.39 is 5.97 Å². The van der Waals surface area contributed by atoms with Crippen molar-refractivity contribution in [1.29, 1.82) is 0 Å². The molecule has 2 rings (SSSR count). The summed E-state index contributed by atoms with van der Waals surface area (Å²) in [7, 11) is 1.56. The highest BCUT2D eigenvalue weighted by Gasteiger charge is 2.13. The zero-order valence-corrected chi connectivity index (χ0v) is 9.14. The molecule has 0 saturated carbocycles. The van der Waals surface area contributed by atoms with Crippen molar-refractivity contribution in [3.63, 3.8) is 0 Å². The summed E-state index contributed by atoms with van der Waals surface area (Å²) in [5.74, 6) is 0.200. The maximum atomic E-state index is 11.5. The van der Waals surface area contributed by atoms with Gasteiger partial charge in [-0.05, 0) is 19.1 Å². The van der Waals surface area contributed by atoms with E-state index in [1.807, 2.05) is 6.07 Å². The molecule has 0 aliphatic heterocycles. The summed E-state index contributed by atoms with van der Waals surface area (Å²) in [6, 6.07) is 3.61. The Hall–Kier alpha value is -2.04. The SMILES string of the molecule is CCOC(=O)c1cn2cccc(OC)c2n1. The Morgan fingerprint density at radius 2 is 2.38 bits per heavy atom. The van der Waals surface area contributed by atoms with E-state index >= 15 is 0 Å². The van der Waals surface area contributed by atoms with Gasteiger partial charge in [0.15, 0.2) is 17.1 Å². The number of hydrogen-bond donors (Lipinski definition) is 0. The zero-order valence-electron chi connectivity index (χ0n) is 9.14. The molecule has 0 N–H and O–H groups in total. The predicted octanol–water partition coefficient (Wildman–Crippen LogP) is 1.52. The second-order valence-corrected chi connectivity index (χ2v) is 3.15. The number of carbonyl (C=O) groups excluding carboxylic acids is 1. The summed E-state index contributed by atoms with van der Waals surface area (Å²) in [5, 5.41) is 0. The lowest BCUT2D eigenvalue weighted by molar-refractivity contribution is 0.0520. The molecule has 0 unspecified atom stereocenters. The number of nitrogens with zero attached hydrogens (tertiary/aromatic N) is 2. The summed E-state index contributed by atoms with van der Waals surface area (Å²) in [6.07, 6.45) is 3.42. The molecule has 5 heteroatoms. The molecule has 0 aliphatic carbocycles. The van der Waals surface area contributed by atoms with Crippen LogP contribution in [0.4, 0.5) is 0 Å². The standard InChI is InChI=1S/C11H12N2O3/c1-3-16-11(14)8-7-13-6-4-5-9(15-2)10(13)12-8/h4-7H,3H2,1-2H3. The van der Waals surface area contributed by atoms with Gasteiger partial charge in [0.25, 0.3) is 0 Å². The number of carbonyl (C=O) groups is 1. The molecule has 0 spiro atoms. The van der Waals surface area contributed by atoms with Gasteiger partial charge in [-0.25, -0.2) is 9.78 Å². The Labute approximate surface area is 92.6 Å². The first-order valence-electron chi connectivity index (χ1n) is 4.95. The average molecular weight is 220 g/mol. The van der Waals surface area contributed by atoms with Crippen molar-refractivity contribution < 1.29 is 14.3 Å². The fourth-order valence-corrected chi connectivity index (χ4v) is 1.45. The van der Waals surface area contributed by atoms with Crippen molar-refractivity contribution in [2.45, 2.75) is 6.92 Å². The van der Waals surface area contributed by atoms with Crippen molar-refractivity contribution in [2.75, 3.05) is 13.7 Å². The minimum absolute atomic E-state index is 0.284. The highest BCUT2D eigenvalue weighted by molar-refractivity contribution is 5.88. The maximum Gasteiger partial charge on any atom is 0.358 e. The normalized spacial score (nSPS) is 10.4. The molecule has 0 atom stereocenters. The summed E-state index contributed by atoms with van der Waals surface area (Å²) < 4.78 is 11.7. The van der Waals surface area contributed by atoms with Gasteiger partial charge in [0.05, 0.1) is 13.7 Å². The molecule has 0 aliphatic rings. The number of pyridine rings is 1. The Balaban J connectivity index is 2.47. The van der Waals surface area contributed by atoms with Gasteiger partial charge < -0.3 is 13.9 Å². The van der Waals surface area contributed by atoms with Crippen LogP contribution in [0, 0.1) is 0 Å². The van der Waals surface area contributed by atoms with E-state index in [0.717, 1.165) is 0 Å². The van der Waals surface area contributed by atoms with Gasteiger partial charge in [0.2, 0.25) is 0 Å². The van der Waals surface area contributed by atoms with Crippen LogP contribution < -0.4 is 4.74 Å². The molecule has 0 fully saturated rings. The van der Waals surface area contributed by atoms with Gasteiger partial charge in [-0.3, -0.25) is 0 Å². The number of hydrogen-bond acceptors (Lipinski definition) is 4. The molecule has 5 nitrogen and oxygen atoms in total. The van der Waals surface area contributed by atoms with E-state index in [1.54, 1.807) is 36.9 Å².